The number of pyridine rings is 3. The molecule has 0 aliphatic heterocycles. The SMILES string of the molecule is c1ccc2c(C[n+]3ccc(-c4ccncc4)cc3)c3ccccc3nc2c1. The highest BCUT2D eigenvalue weighted by molar-refractivity contribution is 5.97. The molecule has 0 bridgehead atoms. The molecule has 5 rings (SSSR count). The topological polar surface area (TPSA) is 29.7 Å². The first-order valence-corrected chi connectivity index (χ1v) is 9.04. The van der Waals surface area contributed by atoms with Crippen LogP contribution in [0.25, 0.3) is 32.9 Å². The largest absolute Gasteiger partial charge is 0.265 e. The molecule has 0 amide bonds. The summed E-state index contributed by atoms with van der Waals surface area (Å²) in [5.74, 6) is 0. The second kappa shape index (κ2) is 6.61. The molecule has 3 heterocycles. The summed E-state index contributed by atoms with van der Waals surface area (Å²) in [7, 11) is 0. The molecule has 5 aromatic rings. The fourth-order valence-corrected chi connectivity index (χ4v) is 3.58. The minimum Gasteiger partial charge on any atom is -0.265 e. The van der Waals surface area contributed by atoms with Crippen molar-refractivity contribution in [3.8, 4) is 11.1 Å². The minimum absolute atomic E-state index is 0.806. The molecule has 0 atom stereocenters. The van der Waals surface area contributed by atoms with Crippen molar-refractivity contribution in [2.24, 2.45) is 0 Å². The molecule has 0 aliphatic rings. The van der Waals surface area contributed by atoms with Crippen molar-refractivity contribution in [3.63, 3.8) is 0 Å². The summed E-state index contributed by atoms with van der Waals surface area (Å²) < 4.78 is 2.22. The van der Waals surface area contributed by atoms with Gasteiger partial charge >= 0.3 is 0 Å². The van der Waals surface area contributed by atoms with Gasteiger partial charge in [0.15, 0.2) is 18.9 Å². The van der Waals surface area contributed by atoms with Crippen molar-refractivity contribution in [2.45, 2.75) is 6.54 Å². The third-order valence-corrected chi connectivity index (χ3v) is 4.94. The van der Waals surface area contributed by atoms with Crippen LogP contribution in [0.1, 0.15) is 5.56 Å². The van der Waals surface area contributed by atoms with Crippen LogP contribution in [0.2, 0.25) is 0 Å². The predicted octanol–water partition coefficient (Wildman–Crippen LogP) is 4.79. The maximum atomic E-state index is 4.82. The van der Waals surface area contributed by atoms with Crippen LogP contribution >= 0.6 is 0 Å². The van der Waals surface area contributed by atoms with Gasteiger partial charge < -0.3 is 0 Å². The maximum Gasteiger partial charge on any atom is 0.175 e. The molecule has 3 heteroatoms. The highest BCUT2D eigenvalue weighted by atomic mass is 14.9. The summed E-state index contributed by atoms with van der Waals surface area (Å²) in [5, 5.41) is 2.42. The first-order chi connectivity index (χ1) is 13.4. The second-order valence-electron chi connectivity index (χ2n) is 6.62. The van der Waals surface area contributed by atoms with E-state index in [2.05, 4.69) is 70.5 Å². The molecular formula is C24H18N3+. The van der Waals surface area contributed by atoms with Crippen LogP contribution in [0.4, 0.5) is 0 Å². The molecule has 0 unspecified atom stereocenters. The quantitative estimate of drug-likeness (QED) is 0.347. The lowest BCUT2D eigenvalue weighted by molar-refractivity contribution is -0.687. The standard InChI is InChI=1S/C24H18N3/c1-3-7-23-20(5-1)22(21-6-2-4-8-24(21)26-23)17-27-15-11-19(12-16-27)18-9-13-25-14-10-18/h1-16H,17H2/q+1. The first kappa shape index (κ1) is 15.6. The molecule has 128 valence electrons. The number of fused-ring (bicyclic) bond motifs is 2. The van der Waals surface area contributed by atoms with E-state index in [0.717, 1.165) is 17.6 Å². The molecule has 0 spiro atoms. The van der Waals surface area contributed by atoms with Gasteiger partial charge in [-0.3, -0.25) is 4.98 Å². The van der Waals surface area contributed by atoms with Crippen molar-refractivity contribution >= 4 is 21.8 Å². The minimum atomic E-state index is 0.806. The zero-order valence-electron chi connectivity index (χ0n) is 14.8. The fourth-order valence-electron chi connectivity index (χ4n) is 3.58. The third kappa shape index (κ3) is 2.93. The Balaban J connectivity index is 1.59. The van der Waals surface area contributed by atoms with E-state index in [9.17, 15) is 0 Å². The lowest BCUT2D eigenvalue weighted by atomic mass is 10.0. The molecular weight excluding hydrogens is 330 g/mol. The van der Waals surface area contributed by atoms with Gasteiger partial charge in [0, 0.05) is 40.9 Å². The van der Waals surface area contributed by atoms with E-state index >= 15 is 0 Å². The van der Waals surface area contributed by atoms with E-state index in [1.54, 1.807) is 0 Å². The van der Waals surface area contributed by atoms with E-state index in [4.69, 9.17) is 4.98 Å². The van der Waals surface area contributed by atoms with Crippen LogP contribution in [-0.2, 0) is 6.54 Å². The van der Waals surface area contributed by atoms with Crippen LogP contribution in [0.3, 0.4) is 0 Å². The summed E-state index contributed by atoms with van der Waals surface area (Å²) >= 11 is 0. The van der Waals surface area contributed by atoms with Gasteiger partial charge in [-0.25, -0.2) is 9.55 Å². The highest BCUT2D eigenvalue weighted by Gasteiger charge is 2.13. The van der Waals surface area contributed by atoms with Gasteiger partial charge in [0.2, 0.25) is 0 Å². The summed E-state index contributed by atoms with van der Waals surface area (Å²) in [6, 6.07) is 25.1. The first-order valence-electron chi connectivity index (χ1n) is 9.04. The van der Waals surface area contributed by atoms with Crippen LogP contribution in [0.15, 0.2) is 97.6 Å². The summed E-state index contributed by atoms with van der Waals surface area (Å²) in [6.07, 6.45) is 7.93. The number of hydrogen-bond acceptors (Lipinski definition) is 2. The van der Waals surface area contributed by atoms with Crippen LogP contribution in [-0.4, -0.2) is 9.97 Å². The zero-order chi connectivity index (χ0) is 18.1. The summed E-state index contributed by atoms with van der Waals surface area (Å²) in [6.45, 7) is 0.806. The number of para-hydroxylation sites is 2. The lowest BCUT2D eigenvalue weighted by Gasteiger charge is -2.09. The van der Waals surface area contributed by atoms with Gasteiger partial charge in [-0.15, -0.1) is 0 Å². The van der Waals surface area contributed by atoms with Gasteiger partial charge in [-0.05, 0) is 35.4 Å². The summed E-state index contributed by atoms with van der Waals surface area (Å²) in [4.78, 5) is 8.91. The Kier molecular flexibility index (Phi) is 3.83. The highest BCUT2D eigenvalue weighted by Crippen LogP contribution is 2.25. The summed E-state index contributed by atoms with van der Waals surface area (Å²) in [5.41, 5.74) is 5.76. The number of nitrogens with zero attached hydrogens (tertiary/aromatic N) is 3. The predicted molar refractivity (Wildman–Crippen MR) is 108 cm³/mol. The van der Waals surface area contributed by atoms with Gasteiger partial charge in [-0.1, -0.05) is 36.4 Å². The van der Waals surface area contributed by atoms with Crippen molar-refractivity contribution in [2.75, 3.05) is 0 Å². The second-order valence-corrected chi connectivity index (χ2v) is 6.62. The lowest BCUT2D eigenvalue weighted by Crippen LogP contribution is -2.33. The molecule has 0 N–H and O–H groups in total. The smallest absolute Gasteiger partial charge is 0.175 e. The molecule has 27 heavy (non-hydrogen) atoms. The average Bonchev–Trinajstić information content (AvgIpc) is 2.75. The molecule has 0 aliphatic carbocycles. The van der Waals surface area contributed by atoms with Crippen molar-refractivity contribution in [1.29, 1.82) is 0 Å². The Morgan fingerprint density at radius 2 is 1.19 bits per heavy atom. The number of rotatable bonds is 3. The molecule has 0 saturated heterocycles. The number of hydrogen-bond donors (Lipinski definition) is 0. The Hall–Kier alpha value is -3.59. The van der Waals surface area contributed by atoms with Crippen molar-refractivity contribution < 1.29 is 4.57 Å². The van der Waals surface area contributed by atoms with Crippen LogP contribution in [0.5, 0.6) is 0 Å². The van der Waals surface area contributed by atoms with Crippen LogP contribution in [0, 0.1) is 0 Å². The zero-order valence-corrected chi connectivity index (χ0v) is 14.8. The van der Waals surface area contributed by atoms with Crippen LogP contribution < -0.4 is 4.57 Å². The van der Waals surface area contributed by atoms with Gasteiger partial charge in [-0.2, -0.15) is 0 Å². The van der Waals surface area contributed by atoms with Crippen molar-refractivity contribution in [3.05, 3.63) is 103 Å². The van der Waals surface area contributed by atoms with E-state index < -0.39 is 0 Å². The molecule has 0 radical (unpaired) electrons. The molecule has 0 fully saturated rings. The fraction of sp³-hybridized carbons (Fsp3) is 0.0417. The monoisotopic (exact) mass is 348 g/mol. The van der Waals surface area contributed by atoms with E-state index in [1.807, 2.05) is 36.7 Å². The molecule has 3 aromatic heterocycles. The molecule has 3 nitrogen and oxygen atoms in total. The Labute approximate surface area is 157 Å². The van der Waals surface area contributed by atoms with Gasteiger partial charge in [0.05, 0.1) is 11.0 Å². The maximum absolute atomic E-state index is 4.82. The van der Waals surface area contributed by atoms with E-state index in [-0.39, 0.29) is 0 Å². The third-order valence-electron chi connectivity index (χ3n) is 4.94. The Morgan fingerprint density at radius 3 is 1.81 bits per heavy atom. The van der Waals surface area contributed by atoms with Gasteiger partial charge in [0.25, 0.3) is 0 Å². The van der Waals surface area contributed by atoms with E-state index in [1.165, 1.54) is 27.5 Å². The Bertz CT molecular complexity index is 1180. The number of benzene rings is 2. The Morgan fingerprint density at radius 1 is 0.630 bits per heavy atom. The van der Waals surface area contributed by atoms with Crippen molar-refractivity contribution in [1.82, 2.24) is 9.97 Å². The van der Waals surface area contributed by atoms with E-state index in [0.29, 0.717) is 0 Å². The van der Waals surface area contributed by atoms with Gasteiger partial charge in [0.1, 0.15) is 0 Å². The normalized spacial score (nSPS) is 11.1. The number of aromatic nitrogens is 3. The molecule has 2 aromatic carbocycles. The molecule has 0 saturated carbocycles. The average molecular weight is 348 g/mol.